The summed E-state index contributed by atoms with van der Waals surface area (Å²) in [5, 5.41) is 3.15. The molecule has 0 saturated heterocycles. The van der Waals surface area contributed by atoms with Gasteiger partial charge >= 0.3 is 0 Å². The molecule has 0 aliphatic heterocycles. The van der Waals surface area contributed by atoms with Gasteiger partial charge in [-0.15, -0.1) is 12.4 Å². The van der Waals surface area contributed by atoms with E-state index < -0.39 is 10.0 Å². The number of ether oxygens (including phenoxy) is 1. The maximum Gasteiger partial charge on any atom is 0.240 e. The molecular weight excluding hydrogens is 300 g/mol. The van der Waals surface area contributed by atoms with E-state index in [1.807, 2.05) is 20.8 Å². The van der Waals surface area contributed by atoms with Crippen LogP contribution in [0.25, 0.3) is 0 Å². The number of nitrogens with one attached hydrogen (secondary N) is 2. The standard InChI is InChI=1S/C13H22N2O3S.ClH/c1-4-14-11(3)10-15-19(16,17)13-8-6-7-12(9-13)18-5-2;/h6-9,11,14-15H,4-5,10H2,1-3H3;1H/t11-;/m1./s1. The van der Waals surface area contributed by atoms with Crippen molar-refractivity contribution in [1.29, 1.82) is 0 Å². The molecule has 0 spiro atoms. The number of rotatable bonds is 8. The van der Waals surface area contributed by atoms with E-state index in [-0.39, 0.29) is 23.3 Å². The molecule has 0 heterocycles. The van der Waals surface area contributed by atoms with Crippen LogP contribution in [-0.2, 0) is 10.0 Å². The maximum atomic E-state index is 12.1. The first-order valence-electron chi connectivity index (χ1n) is 6.45. The summed E-state index contributed by atoms with van der Waals surface area (Å²) in [7, 11) is -3.48. The van der Waals surface area contributed by atoms with Crippen molar-refractivity contribution in [3.63, 3.8) is 0 Å². The van der Waals surface area contributed by atoms with Crippen LogP contribution >= 0.6 is 12.4 Å². The number of halogens is 1. The molecule has 1 atom stereocenters. The highest BCUT2D eigenvalue weighted by Crippen LogP contribution is 2.17. The summed E-state index contributed by atoms with van der Waals surface area (Å²) in [5.41, 5.74) is 0. The zero-order valence-corrected chi connectivity index (χ0v) is 13.7. The van der Waals surface area contributed by atoms with Crippen molar-refractivity contribution in [1.82, 2.24) is 10.0 Å². The molecule has 20 heavy (non-hydrogen) atoms. The molecule has 116 valence electrons. The van der Waals surface area contributed by atoms with Crippen molar-refractivity contribution in [3.8, 4) is 5.75 Å². The maximum absolute atomic E-state index is 12.1. The highest BCUT2D eigenvalue weighted by atomic mass is 35.5. The van der Waals surface area contributed by atoms with Crippen LogP contribution in [-0.4, -0.2) is 34.2 Å². The minimum absolute atomic E-state index is 0. The van der Waals surface area contributed by atoms with Crippen molar-refractivity contribution >= 4 is 22.4 Å². The lowest BCUT2D eigenvalue weighted by Gasteiger charge is -2.14. The van der Waals surface area contributed by atoms with Crippen LogP contribution in [0.2, 0.25) is 0 Å². The smallest absolute Gasteiger partial charge is 0.240 e. The highest BCUT2D eigenvalue weighted by molar-refractivity contribution is 7.89. The second-order valence-electron chi connectivity index (χ2n) is 4.22. The number of hydrogen-bond acceptors (Lipinski definition) is 4. The Morgan fingerprint density at radius 3 is 2.60 bits per heavy atom. The van der Waals surface area contributed by atoms with E-state index in [9.17, 15) is 8.42 Å². The molecule has 7 heteroatoms. The van der Waals surface area contributed by atoms with Crippen molar-refractivity contribution in [2.45, 2.75) is 31.7 Å². The van der Waals surface area contributed by atoms with Gasteiger partial charge in [0.05, 0.1) is 11.5 Å². The van der Waals surface area contributed by atoms with Crippen LogP contribution in [0.5, 0.6) is 5.75 Å². The van der Waals surface area contributed by atoms with E-state index in [1.54, 1.807) is 18.2 Å². The van der Waals surface area contributed by atoms with Gasteiger partial charge in [0.15, 0.2) is 0 Å². The molecule has 0 aromatic heterocycles. The average Bonchev–Trinajstić information content (AvgIpc) is 2.38. The quantitative estimate of drug-likeness (QED) is 0.765. The molecule has 0 aliphatic carbocycles. The van der Waals surface area contributed by atoms with Crippen molar-refractivity contribution in [3.05, 3.63) is 24.3 Å². The van der Waals surface area contributed by atoms with Gasteiger partial charge in [-0.05, 0) is 32.5 Å². The van der Waals surface area contributed by atoms with Gasteiger partial charge in [-0.1, -0.05) is 13.0 Å². The second kappa shape index (κ2) is 9.18. The molecule has 5 nitrogen and oxygen atoms in total. The Morgan fingerprint density at radius 1 is 1.30 bits per heavy atom. The number of benzene rings is 1. The summed E-state index contributed by atoms with van der Waals surface area (Å²) in [4.78, 5) is 0.224. The molecular formula is C13H23ClN2O3S. The molecule has 0 radical (unpaired) electrons. The molecule has 1 rings (SSSR count). The fourth-order valence-corrected chi connectivity index (χ4v) is 2.80. The van der Waals surface area contributed by atoms with E-state index in [0.29, 0.717) is 18.9 Å². The van der Waals surface area contributed by atoms with Crippen LogP contribution in [0.1, 0.15) is 20.8 Å². The molecule has 0 amide bonds. The van der Waals surface area contributed by atoms with E-state index in [0.717, 1.165) is 6.54 Å². The summed E-state index contributed by atoms with van der Waals surface area (Å²) < 4.78 is 32.1. The summed E-state index contributed by atoms with van der Waals surface area (Å²) in [6.07, 6.45) is 0. The first-order valence-corrected chi connectivity index (χ1v) is 7.93. The predicted octanol–water partition coefficient (Wildman–Crippen LogP) is 1.78. The predicted molar refractivity (Wildman–Crippen MR) is 83.2 cm³/mol. The number of sulfonamides is 1. The molecule has 0 fully saturated rings. The third-order valence-corrected chi connectivity index (χ3v) is 3.98. The summed E-state index contributed by atoms with van der Waals surface area (Å²) in [6.45, 7) is 7.45. The first kappa shape index (κ1) is 19.2. The summed E-state index contributed by atoms with van der Waals surface area (Å²) >= 11 is 0. The second-order valence-corrected chi connectivity index (χ2v) is 5.99. The largest absolute Gasteiger partial charge is 0.494 e. The molecule has 0 aliphatic rings. The van der Waals surface area contributed by atoms with Crippen LogP contribution in [0.15, 0.2) is 29.2 Å². The molecule has 0 unspecified atom stereocenters. The lowest BCUT2D eigenvalue weighted by atomic mass is 10.3. The molecule has 0 saturated carbocycles. The van der Waals surface area contributed by atoms with Gasteiger partial charge in [0.2, 0.25) is 10.0 Å². The van der Waals surface area contributed by atoms with Crippen molar-refractivity contribution in [2.75, 3.05) is 19.7 Å². The summed E-state index contributed by atoms with van der Waals surface area (Å²) in [5.74, 6) is 0.560. The van der Waals surface area contributed by atoms with Gasteiger partial charge in [0, 0.05) is 18.7 Å². The lowest BCUT2D eigenvalue weighted by molar-refractivity contribution is 0.339. The minimum Gasteiger partial charge on any atom is -0.494 e. The zero-order chi connectivity index (χ0) is 14.3. The zero-order valence-electron chi connectivity index (χ0n) is 12.0. The average molecular weight is 323 g/mol. The van der Waals surface area contributed by atoms with Crippen LogP contribution in [0.4, 0.5) is 0 Å². The SMILES string of the molecule is CCN[C@H](C)CNS(=O)(=O)c1cccc(OCC)c1.Cl. The topological polar surface area (TPSA) is 67.4 Å². The fraction of sp³-hybridized carbons (Fsp3) is 0.538. The Hall–Kier alpha value is -0.820. The fourth-order valence-electron chi connectivity index (χ4n) is 1.64. The van der Waals surface area contributed by atoms with Gasteiger partial charge in [0.25, 0.3) is 0 Å². The van der Waals surface area contributed by atoms with Crippen molar-refractivity contribution < 1.29 is 13.2 Å². The normalized spacial score (nSPS) is 12.6. The summed E-state index contributed by atoms with van der Waals surface area (Å²) in [6, 6.07) is 6.60. The number of hydrogen-bond donors (Lipinski definition) is 2. The monoisotopic (exact) mass is 322 g/mol. The van der Waals surface area contributed by atoms with Gasteiger partial charge in [0.1, 0.15) is 5.75 Å². The first-order chi connectivity index (χ1) is 8.99. The lowest BCUT2D eigenvalue weighted by Crippen LogP contribution is -2.38. The van der Waals surface area contributed by atoms with Gasteiger partial charge in [-0.2, -0.15) is 0 Å². The van der Waals surface area contributed by atoms with E-state index >= 15 is 0 Å². The van der Waals surface area contributed by atoms with Crippen LogP contribution in [0.3, 0.4) is 0 Å². The Kier molecular flexibility index (Phi) is 8.80. The minimum atomic E-state index is -3.48. The van der Waals surface area contributed by atoms with E-state index in [4.69, 9.17) is 4.74 Å². The van der Waals surface area contributed by atoms with Gasteiger partial charge < -0.3 is 10.1 Å². The Balaban J connectivity index is 0.00000361. The van der Waals surface area contributed by atoms with Crippen LogP contribution < -0.4 is 14.8 Å². The number of likely N-dealkylation sites (N-methyl/N-ethyl adjacent to an activating group) is 1. The molecule has 1 aromatic rings. The van der Waals surface area contributed by atoms with E-state index in [2.05, 4.69) is 10.0 Å². The Morgan fingerprint density at radius 2 is 2.00 bits per heavy atom. The highest BCUT2D eigenvalue weighted by Gasteiger charge is 2.15. The van der Waals surface area contributed by atoms with E-state index in [1.165, 1.54) is 6.07 Å². The third-order valence-electron chi connectivity index (χ3n) is 2.56. The van der Waals surface area contributed by atoms with Crippen molar-refractivity contribution in [2.24, 2.45) is 0 Å². The molecule has 2 N–H and O–H groups in total. The van der Waals surface area contributed by atoms with Gasteiger partial charge in [-0.3, -0.25) is 0 Å². The third kappa shape index (κ3) is 6.09. The molecule has 1 aromatic carbocycles. The Labute approximate surface area is 127 Å². The van der Waals surface area contributed by atoms with Crippen LogP contribution in [0, 0.1) is 0 Å². The molecule has 0 bridgehead atoms. The Bertz CT molecular complexity index is 494. The van der Waals surface area contributed by atoms with Gasteiger partial charge in [-0.25, -0.2) is 13.1 Å².